The maximum absolute atomic E-state index is 5.43. The van der Waals surface area contributed by atoms with Crippen LogP contribution in [-0.4, -0.2) is 11.2 Å². The third kappa shape index (κ3) is 4.20. The van der Waals surface area contributed by atoms with E-state index in [1.807, 2.05) is 0 Å². The lowest BCUT2D eigenvalue weighted by Crippen LogP contribution is -2.43. The number of nitrogens with one attached hydrogen (secondary N) is 2. The molecule has 2 rings (SSSR count). The minimum atomic E-state index is 0.254. The van der Waals surface area contributed by atoms with Gasteiger partial charge in [0, 0.05) is 6.04 Å². The molecule has 1 unspecified atom stereocenters. The van der Waals surface area contributed by atoms with Gasteiger partial charge in [-0.3, -0.25) is 0 Å². The highest BCUT2D eigenvalue weighted by Crippen LogP contribution is 2.18. The second-order valence-electron chi connectivity index (χ2n) is 5.53. The minimum Gasteiger partial charge on any atom is -0.360 e. The van der Waals surface area contributed by atoms with E-state index in [0.717, 1.165) is 5.11 Å². The fraction of sp³-hybridized carbons (Fsp3) is 0.562. The SMILES string of the molecule is Cc1ccccc1C(C)NC(=S)NC1CCCCC1. The summed E-state index contributed by atoms with van der Waals surface area (Å²) in [6, 6.07) is 9.28. The van der Waals surface area contributed by atoms with Crippen LogP contribution in [-0.2, 0) is 0 Å². The molecule has 0 heterocycles. The molecule has 0 spiro atoms. The smallest absolute Gasteiger partial charge is 0.166 e. The normalized spacial score (nSPS) is 17.8. The van der Waals surface area contributed by atoms with Crippen molar-refractivity contribution in [3.8, 4) is 0 Å². The van der Waals surface area contributed by atoms with E-state index in [9.17, 15) is 0 Å². The Balaban J connectivity index is 1.86. The number of hydrogen-bond acceptors (Lipinski definition) is 1. The molecule has 1 aromatic rings. The van der Waals surface area contributed by atoms with Gasteiger partial charge in [0.05, 0.1) is 6.04 Å². The summed E-state index contributed by atoms with van der Waals surface area (Å²) in [7, 11) is 0. The predicted octanol–water partition coefficient (Wildman–Crippen LogP) is 3.85. The van der Waals surface area contributed by atoms with Gasteiger partial charge in [0.2, 0.25) is 0 Å². The Morgan fingerprint density at radius 3 is 2.58 bits per heavy atom. The van der Waals surface area contributed by atoms with Crippen molar-refractivity contribution in [2.24, 2.45) is 0 Å². The molecular formula is C16H24N2S. The van der Waals surface area contributed by atoms with Gasteiger partial charge in [-0.05, 0) is 50.0 Å². The first-order valence-electron chi connectivity index (χ1n) is 7.29. The Kier molecular flexibility index (Phi) is 5.20. The molecule has 0 aliphatic heterocycles. The van der Waals surface area contributed by atoms with Crippen LogP contribution in [0.5, 0.6) is 0 Å². The summed E-state index contributed by atoms with van der Waals surface area (Å²) in [5.41, 5.74) is 2.62. The van der Waals surface area contributed by atoms with E-state index in [2.05, 4.69) is 48.7 Å². The molecule has 0 bridgehead atoms. The monoisotopic (exact) mass is 276 g/mol. The van der Waals surface area contributed by atoms with E-state index >= 15 is 0 Å². The Morgan fingerprint density at radius 1 is 1.21 bits per heavy atom. The molecule has 1 fully saturated rings. The van der Waals surface area contributed by atoms with Crippen LogP contribution in [0.1, 0.15) is 56.2 Å². The first-order chi connectivity index (χ1) is 9.16. The van der Waals surface area contributed by atoms with Gasteiger partial charge < -0.3 is 10.6 Å². The van der Waals surface area contributed by atoms with Crippen molar-refractivity contribution < 1.29 is 0 Å². The number of benzene rings is 1. The van der Waals surface area contributed by atoms with Gasteiger partial charge >= 0.3 is 0 Å². The maximum atomic E-state index is 5.43. The summed E-state index contributed by atoms with van der Waals surface area (Å²) in [6.07, 6.45) is 6.53. The van der Waals surface area contributed by atoms with Gasteiger partial charge in [-0.1, -0.05) is 43.5 Å². The van der Waals surface area contributed by atoms with Crippen LogP contribution in [0.2, 0.25) is 0 Å². The highest BCUT2D eigenvalue weighted by molar-refractivity contribution is 7.80. The van der Waals surface area contributed by atoms with E-state index < -0.39 is 0 Å². The summed E-state index contributed by atoms with van der Waals surface area (Å²) in [6.45, 7) is 4.31. The average molecular weight is 276 g/mol. The number of hydrogen-bond donors (Lipinski definition) is 2. The molecule has 1 atom stereocenters. The van der Waals surface area contributed by atoms with Gasteiger partial charge in [-0.15, -0.1) is 0 Å². The second kappa shape index (κ2) is 6.90. The largest absolute Gasteiger partial charge is 0.360 e. The fourth-order valence-electron chi connectivity index (χ4n) is 2.82. The van der Waals surface area contributed by atoms with Crippen LogP contribution in [0.15, 0.2) is 24.3 Å². The van der Waals surface area contributed by atoms with Crippen LogP contribution >= 0.6 is 12.2 Å². The van der Waals surface area contributed by atoms with Gasteiger partial charge in [-0.25, -0.2) is 0 Å². The third-order valence-electron chi connectivity index (χ3n) is 3.94. The van der Waals surface area contributed by atoms with E-state index in [4.69, 9.17) is 12.2 Å². The van der Waals surface area contributed by atoms with Crippen LogP contribution in [0, 0.1) is 6.92 Å². The van der Waals surface area contributed by atoms with Crippen LogP contribution in [0.3, 0.4) is 0 Å². The molecule has 1 aromatic carbocycles. The molecule has 1 aliphatic carbocycles. The highest BCUT2D eigenvalue weighted by atomic mass is 32.1. The number of rotatable bonds is 3. The third-order valence-corrected chi connectivity index (χ3v) is 4.18. The van der Waals surface area contributed by atoms with Gasteiger partial charge in [-0.2, -0.15) is 0 Å². The summed E-state index contributed by atoms with van der Waals surface area (Å²) in [4.78, 5) is 0. The summed E-state index contributed by atoms with van der Waals surface area (Å²) in [5.74, 6) is 0. The topological polar surface area (TPSA) is 24.1 Å². The van der Waals surface area contributed by atoms with Gasteiger partial charge in [0.15, 0.2) is 5.11 Å². The molecule has 104 valence electrons. The van der Waals surface area contributed by atoms with Crippen molar-refractivity contribution in [1.82, 2.24) is 10.6 Å². The minimum absolute atomic E-state index is 0.254. The molecule has 0 amide bonds. The van der Waals surface area contributed by atoms with E-state index in [-0.39, 0.29) is 6.04 Å². The molecule has 2 nitrogen and oxygen atoms in total. The molecule has 1 saturated carbocycles. The Labute approximate surface area is 122 Å². The van der Waals surface area contributed by atoms with Crippen molar-refractivity contribution >= 4 is 17.3 Å². The van der Waals surface area contributed by atoms with Crippen LogP contribution in [0.4, 0.5) is 0 Å². The lowest BCUT2D eigenvalue weighted by Gasteiger charge is -2.26. The number of thiocarbonyl (C=S) groups is 1. The molecular weight excluding hydrogens is 252 g/mol. The van der Waals surface area contributed by atoms with Crippen molar-refractivity contribution in [2.75, 3.05) is 0 Å². The molecule has 0 saturated heterocycles. The summed E-state index contributed by atoms with van der Waals surface area (Å²) in [5, 5.41) is 7.66. The molecule has 0 radical (unpaired) electrons. The van der Waals surface area contributed by atoms with Crippen molar-refractivity contribution in [1.29, 1.82) is 0 Å². The maximum Gasteiger partial charge on any atom is 0.166 e. The van der Waals surface area contributed by atoms with Crippen LogP contribution < -0.4 is 10.6 Å². The van der Waals surface area contributed by atoms with Gasteiger partial charge in [0.25, 0.3) is 0 Å². The van der Waals surface area contributed by atoms with Crippen molar-refractivity contribution in [3.63, 3.8) is 0 Å². The zero-order valence-corrected chi connectivity index (χ0v) is 12.7. The first kappa shape index (κ1) is 14.3. The molecule has 19 heavy (non-hydrogen) atoms. The van der Waals surface area contributed by atoms with Crippen molar-refractivity contribution in [2.45, 2.75) is 58.0 Å². The van der Waals surface area contributed by atoms with Crippen LogP contribution in [0.25, 0.3) is 0 Å². The quantitative estimate of drug-likeness (QED) is 0.820. The van der Waals surface area contributed by atoms with E-state index in [0.29, 0.717) is 6.04 Å². The molecule has 1 aliphatic rings. The highest BCUT2D eigenvalue weighted by Gasteiger charge is 2.15. The Morgan fingerprint density at radius 2 is 1.89 bits per heavy atom. The van der Waals surface area contributed by atoms with Gasteiger partial charge in [0.1, 0.15) is 0 Å². The Bertz CT molecular complexity index is 425. The zero-order chi connectivity index (χ0) is 13.7. The summed E-state index contributed by atoms with van der Waals surface area (Å²) < 4.78 is 0. The Hall–Kier alpha value is -1.09. The zero-order valence-electron chi connectivity index (χ0n) is 11.9. The molecule has 3 heteroatoms. The standard InChI is InChI=1S/C16H24N2S/c1-12-8-6-7-11-15(12)13(2)17-16(19)18-14-9-4-3-5-10-14/h6-8,11,13-14H,3-5,9-10H2,1-2H3,(H2,17,18,19). The summed E-state index contributed by atoms with van der Waals surface area (Å²) >= 11 is 5.43. The van der Waals surface area contributed by atoms with E-state index in [1.54, 1.807) is 0 Å². The lowest BCUT2D eigenvalue weighted by molar-refractivity contribution is 0.411. The second-order valence-corrected chi connectivity index (χ2v) is 5.94. The molecule has 0 aromatic heterocycles. The predicted molar refractivity (Wildman–Crippen MR) is 85.3 cm³/mol. The van der Waals surface area contributed by atoms with Crippen molar-refractivity contribution in [3.05, 3.63) is 35.4 Å². The first-order valence-corrected chi connectivity index (χ1v) is 7.70. The fourth-order valence-corrected chi connectivity index (χ4v) is 3.16. The lowest BCUT2D eigenvalue weighted by atomic mass is 9.96. The van der Waals surface area contributed by atoms with E-state index in [1.165, 1.54) is 43.2 Å². The number of aryl methyl sites for hydroxylation is 1. The average Bonchev–Trinajstić information content (AvgIpc) is 2.40. The molecule has 2 N–H and O–H groups in total.